The Morgan fingerprint density at radius 1 is 0.966 bits per heavy atom. The maximum atomic E-state index is 12.7. The molecule has 1 aliphatic heterocycles. The second-order valence-electron chi connectivity index (χ2n) is 8.96. The molecule has 4 aliphatic carbocycles. The van der Waals surface area contributed by atoms with E-state index in [-0.39, 0.29) is 11.4 Å². The van der Waals surface area contributed by atoms with Crippen molar-refractivity contribution in [3.8, 4) is 17.2 Å². The Labute approximate surface area is 170 Å². The number of nitrogens with zero attached hydrogens (tertiary/aromatic N) is 1. The van der Waals surface area contributed by atoms with E-state index in [1.165, 1.54) is 19.3 Å². The van der Waals surface area contributed by atoms with Gasteiger partial charge in [0.25, 0.3) is 0 Å². The average molecular weight is 397 g/mol. The van der Waals surface area contributed by atoms with Gasteiger partial charge in [-0.1, -0.05) is 0 Å². The molecule has 4 fully saturated rings. The number of carbonyl (C=O) groups is 1. The molecule has 0 unspecified atom stereocenters. The van der Waals surface area contributed by atoms with Gasteiger partial charge < -0.3 is 18.9 Å². The summed E-state index contributed by atoms with van der Waals surface area (Å²) in [7, 11) is 4.70. The van der Waals surface area contributed by atoms with Crippen LogP contribution in [0.3, 0.4) is 0 Å². The van der Waals surface area contributed by atoms with Crippen LogP contribution in [0.1, 0.15) is 44.1 Å². The van der Waals surface area contributed by atoms with Crippen LogP contribution in [0.2, 0.25) is 0 Å². The SMILES string of the molecule is COc1ccc(C=C2N=C(C34CC5CC(CC(C5)C3)C4)OC2=O)c(OC)c1OC. The van der Waals surface area contributed by atoms with Crippen LogP contribution in [-0.2, 0) is 9.53 Å². The van der Waals surface area contributed by atoms with Gasteiger partial charge in [-0.3, -0.25) is 0 Å². The summed E-state index contributed by atoms with van der Waals surface area (Å²) < 4.78 is 22.1. The summed E-state index contributed by atoms with van der Waals surface area (Å²) in [5.74, 6) is 4.12. The molecule has 5 aliphatic rings. The van der Waals surface area contributed by atoms with Gasteiger partial charge in [0, 0.05) is 11.0 Å². The summed E-state index contributed by atoms with van der Waals surface area (Å²) in [6.45, 7) is 0. The van der Waals surface area contributed by atoms with E-state index < -0.39 is 0 Å². The molecule has 1 heterocycles. The van der Waals surface area contributed by atoms with Gasteiger partial charge in [0.1, 0.15) is 0 Å². The summed E-state index contributed by atoms with van der Waals surface area (Å²) >= 11 is 0. The fourth-order valence-electron chi connectivity index (χ4n) is 6.39. The maximum Gasteiger partial charge on any atom is 0.363 e. The molecule has 0 saturated heterocycles. The minimum absolute atomic E-state index is 0.0400. The summed E-state index contributed by atoms with van der Waals surface area (Å²) in [4.78, 5) is 17.4. The van der Waals surface area contributed by atoms with Crippen LogP contribution in [0.4, 0.5) is 0 Å². The fourth-order valence-corrected chi connectivity index (χ4v) is 6.39. The smallest absolute Gasteiger partial charge is 0.363 e. The number of hydrogen-bond acceptors (Lipinski definition) is 6. The van der Waals surface area contributed by atoms with E-state index in [4.69, 9.17) is 23.9 Å². The molecule has 0 amide bonds. The Morgan fingerprint density at radius 3 is 2.14 bits per heavy atom. The van der Waals surface area contributed by atoms with Crippen molar-refractivity contribution in [1.82, 2.24) is 0 Å². The number of aliphatic imine (C=N–C) groups is 1. The zero-order chi connectivity index (χ0) is 20.2. The van der Waals surface area contributed by atoms with Crippen LogP contribution < -0.4 is 14.2 Å². The van der Waals surface area contributed by atoms with Gasteiger partial charge in [-0.25, -0.2) is 9.79 Å². The Hall–Kier alpha value is -2.50. The van der Waals surface area contributed by atoms with Crippen LogP contribution in [0.5, 0.6) is 17.2 Å². The Morgan fingerprint density at radius 2 is 1.59 bits per heavy atom. The fraction of sp³-hybridized carbons (Fsp3) is 0.565. The second-order valence-corrected chi connectivity index (χ2v) is 8.96. The van der Waals surface area contributed by atoms with Gasteiger partial charge in [-0.2, -0.15) is 0 Å². The lowest BCUT2D eigenvalue weighted by molar-refractivity contribution is -0.131. The molecule has 4 bridgehead atoms. The van der Waals surface area contributed by atoms with Crippen molar-refractivity contribution in [2.45, 2.75) is 38.5 Å². The van der Waals surface area contributed by atoms with Gasteiger partial charge >= 0.3 is 5.97 Å². The zero-order valence-electron chi connectivity index (χ0n) is 17.2. The van der Waals surface area contributed by atoms with Crippen molar-refractivity contribution in [1.29, 1.82) is 0 Å². The molecule has 0 N–H and O–H groups in total. The largest absolute Gasteiger partial charge is 0.493 e. The number of esters is 1. The number of cyclic esters (lactones) is 1. The van der Waals surface area contributed by atoms with Crippen molar-refractivity contribution in [3.63, 3.8) is 0 Å². The predicted octanol–water partition coefficient (Wildman–Crippen LogP) is 4.23. The van der Waals surface area contributed by atoms with Crippen molar-refractivity contribution in [2.75, 3.05) is 21.3 Å². The van der Waals surface area contributed by atoms with E-state index >= 15 is 0 Å². The Kier molecular flexibility index (Phi) is 4.33. The third-order valence-electron chi connectivity index (χ3n) is 7.14. The summed E-state index contributed by atoms with van der Waals surface area (Å²) in [5, 5.41) is 0. The quantitative estimate of drug-likeness (QED) is 0.550. The lowest BCUT2D eigenvalue weighted by Crippen LogP contribution is -2.50. The highest BCUT2D eigenvalue weighted by molar-refractivity contribution is 6.09. The first-order chi connectivity index (χ1) is 14.0. The molecule has 0 spiro atoms. The number of rotatable bonds is 5. The van der Waals surface area contributed by atoms with Crippen molar-refractivity contribution in [3.05, 3.63) is 23.4 Å². The van der Waals surface area contributed by atoms with Crippen LogP contribution in [0.15, 0.2) is 22.8 Å². The molecular weight excluding hydrogens is 370 g/mol. The standard InChI is InChI=1S/C23H27NO5/c1-26-18-5-4-16(19(27-2)20(18)28-3)9-17-21(25)29-22(24-17)23-10-13-6-14(11-23)8-15(7-13)12-23/h4-5,9,13-15H,6-8,10-12H2,1-3H3. The maximum absolute atomic E-state index is 12.7. The van der Waals surface area contributed by atoms with Crippen molar-refractivity contribution < 1.29 is 23.7 Å². The highest BCUT2D eigenvalue weighted by atomic mass is 16.6. The third kappa shape index (κ3) is 2.92. The summed E-state index contributed by atoms with van der Waals surface area (Å²) in [6.07, 6.45) is 9.06. The molecule has 154 valence electrons. The molecule has 6 heteroatoms. The molecule has 29 heavy (non-hydrogen) atoms. The number of benzene rings is 1. The van der Waals surface area contributed by atoms with Crippen molar-refractivity contribution in [2.24, 2.45) is 28.2 Å². The normalized spacial score (nSPS) is 33.6. The van der Waals surface area contributed by atoms with Gasteiger partial charge in [-0.05, 0) is 74.5 Å². The van der Waals surface area contributed by atoms with Crippen molar-refractivity contribution >= 4 is 17.9 Å². The molecule has 4 saturated carbocycles. The van der Waals surface area contributed by atoms with Crippen LogP contribution in [0.25, 0.3) is 6.08 Å². The van der Waals surface area contributed by atoms with Gasteiger partial charge in [0.2, 0.25) is 11.6 Å². The Bertz CT molecular complexity index is 881. The summed E-state index contributed by atoms with van der Waals surface area (Å²) in [6, 6.07) is 3.62. The molecule has 0 aromatic heterocycles. The number of hydrogen-bond donors (Lipinski definition) is 0. The molecule has 1 aromatic carbocycles. The van der Waals surface area contributed by atoms with E-state index in [0.29, 0.717) is 34.4 Å². The highest BCUT2D eigenvalue weighted by Gasteiger charge is 2.55. The minimum Gasteiger partial charge on any atom is -0.493 e. The van der Waals surface area contributed by atoms with Crippen LogP contribution >= 0.6 is 0 Å². The monoisotopic (exact) mass is 397 g/mol. The third-order valence-corrected chi connectivity index (χ3v) is 7.14. The van der Waals surface area contributed by atoms with E-state index in [1.54, 1.807) is 33.5 Å². The first-order valence-corrected chi connectivity index (χ1v) is 10.4. The summed E-state index contributed by atoms with van der Waals surface area (Å²) in [5.41, 5.74) is 0.982. The predicted molar refractivity (Wildman–Crippen MR) is 108 cm³/mol. The average Bonchev–Trinajstić information content (AvgIpc) is 3.07. The second kappa shape index (κ2) is 6.78. The van der Waals surface area contributed by atoms with E-state index in [0.717, 1.165) is 37.0 Å². The van der Waals surface area contributed by atoms with Crippen LogP contribution in [-0.4, -0.2) is 33.2 Å². The zero-order valence-corrected chi connectivity index (χ0v) is 17.2. The number of carbonyl (C=O) groups excluding carboxylic acids is 1. The molecule has 6 nitrogen and oxygen atoms in total. The van der Waals surface area contributed by atoms with Gasteiger partial charge in [0.05, 0.1) is 21.3 Å². The topological polar surface area (TPSA) is 66.4 Å². The lowest BCUT2D eigenvalue weighted by atomic mass is 9.49. The number of ether oxygens (including phenoxy) is 4. The minimum atomic E-state index is -0.382. The molecule has 0 atom stereocenters. The number of methoxy groups -OCH3 is 3. The van der Waals surface area contributed by atoms with E-state index in [9.17, 15) is 4.79 Å². The Balaban J connectivity index is 1.50. The molecule has 6 rings (SSSR count). The van der Waals surface area contributed by atoms with E-state index in [2.05, 4.69) is 0 Å². The molecule has 0 radical (unpaired) electrons. The molecular formula is C23H27NO5. The van der Waals surface area contributed by atoms with E-state index in [1.807, 2.05) is 6.07 Å². The molecule has 1 aromatic rings. The van der Waals surface area contributed by atoms with Gasteiger partial charge in [-0.15, -0.1) is 0 Å². The van der Waals surface area contributed by atoms with Crippen LogP contribution in [0, 0.1) is 23.2 Å². The first-order valence-electron chi connectivity index (χ1n) is 10.4. The first kappa shape index (κ1) is 18.5. The highest BCUT2D eigenvalue weighted by Crippen LogP contribution is 2.61. The lowest BCUT2D eigenvalue weighted by Gasteiger charge is -2.55. The van der Waals surface area contributed by atoms with Gasteiger partial charge in [0.15, 0.2) is 17.2 Å².